The predicted octanol–water partition coefficient (Wildman–Crippen LogP) is -5.45. The lowest BCUT2D eigenvalue weighted by molar-refractivity contribution is -0.314. The summed E-state index contributed by atoms with van der Waals surface area (Å²) in [6.45, 7) is 1.41. The monoisotopic (exact) mass is 770 g/mol. The summed E-state index contributed by atoms with van der Waals surface area (Å²) in [5.41, 5.74) is 20.5. The number of hydrogen-bond acceptors (Lipinski definition) is 16. The molecule has 20 nitrogen and oxygen atoms in total. The summed E-state index contributed by atoms with van der Waals surface area (Å²) in [5.74, 6) is -1.03. The van der Waals surface area contributed by atoms with Crippen molar-refractivity contribution in [2.24, 2.45) is 32.9 Å². The van der Waals surface area contributed by atoms with Crippen molar-refractivity contribution < 1.29 is 59.5 Å². The number of guanidine groups is 2. The molecule has 290 valence electrons. The number of nitrogens with two attached hydrogens (primary N) is 4. The Balaban J connectivity index is 0.000000542. The Bertz CT molecular complexity index is 1340. The molecule has 2 aliphatic heterocycles. The summed E-state index contributed by atoms with van der Waals surface area (Å²) < 4.78 is 22.9. The molecule has 0 radical (unpaired) electrons. The molecular formula is C29H48Cl2N8O12. The van der Waals surface area contributed by atoms with E-state index in [4.69, 9.17) is 65.1 Å². The molecule has 1 aromatic rings. The minimum absolute atomic E-state index is 0.140. The maximum atomic E-state index is 12.1. The summed E-state index contributed by atoms with van der Waals surface area (Å²) in [7, 11) is 3.30. The normalized spacial score (nSPS) is 39.4. The molecule has 15 atom stereocenters. The summed E-state index contributed by atoms with van der Waals surface area (Å²) >= 11 is 11.5. The van der Waals surface area contributed by atoms with E-state index in [2.05, 4.69) is 20.6 Å². The first-order chi connectivity index (χ1) is 23.9. The minimum Gasteiger partial charge on any atom is -0.394 e. The highest BCUT2D eigenvalue weighted by atomic mass is 35.5. The Morgan fingerprint density at radius 3 is 1.98 bits per heavy atom. The van der Waals surface area contributed by atoms with Crippen LogP contribution in [0.25, 0.3) is 0 Å². The van der Waals surface area contributed by atoms with Gasteiger partial charge in [0, 0.05) is 16.6 Å². The molecule has 2 heterocycles. The second-order valence-corrected chi connectivity index (χ2v) is 13.1. The number of likely N-dealkylation sites (N-methyl/N-ethyl adjacent to an activating group) is 1. The van der Waals surface area contributed by atoms with Crippen LogP contribution in [0.1, 0.15) is 12.5 Å². The van der Waals surface area contributed by atoms with Gasteiger partial charge in [0.05, 0.1) is 18.8 Å². The van der Waals surface area contributed by atoms with E-state index in [-0.39, 0.29) is 6.29 Å². The van der Waals surface area contributed by atoms with E-state index >= 15 is 0 Å². The van der Waals surface area contributed by atoms with Gasteiger partial charge >= 0.3 is 0 Å². The third-order valence-corrected chi connectivity index (χ3v) is 9.08. The van der Waals surface area contributed by atoms with Crippen molar-refractivity contribution in [3.63, 3.8) is 0 Å². The van der Waals surface area contributed by atoms with Crippen molar-refractivity contribution in [2.45, 2.75) is 105 Å². The number of nitrogens with one attached hydrogen (secondary N) is 2. The number of carbonyl (C=O) groups excluding carboxylic acids is 1. The number of benzene rings is 1. The van der Waals surface area contributed by atoms with E-state index in [0.29, 0.717) is 10.0 Å². The number of ether oxygens (including phenoxy) is 4. The first-order valence-corrected chi connectivity index (χ1v) is 16.5. The Labute approximate surface area is 303 Å². The number of hydrogen-bond donors (Lipinski definition) is 13. The largest absolute Gasteiger partial charge is 0.394 e. The lowest BCUT2D eigenvalue weighted by atomic mass is 9.81. The summed E-state index contributed by atoms with van der Waals surface area (Å²) in [5, 5.41) is 81.0. The molecule has 2 saturated heterocycles. The van der Waals surface area contributed by atoms with Crippen molar-refractivity contribution in [1.29, 1.82) is 0 Å². The maximum Gasteiger partial charge on any atom is 0.188 e. The molecule has 0 spiro atoms. The van der Waals surface area contributed by atoms with Crippen LogP contribution in [0.4, 0.5) is 0 Å². The topological polar surface area (TPSA) is 348 Å². The SMILES string of the molecule is CNCc1cc(Cl)cc(Cl)c1.CN[C@@H]1[C@H](O[C@H]2[C@H](O[C@H]3[C@H](O)[C@@H](O)[C@H](N=C(N)N)[C@@H](O)[C@@H]3N=C(N)N)O[C@@H](C)[C@]2(O)C=O)O[C@@H](CO)[C@H](O)[C@H]1O. The number of nitrogens with zero attached hydrogens (tertiary/aromatic N) is 2. The molecule has 4 rings (SSSR count). The van der Waals surface area contributed by atoms with Crippen molar-refractivity contribution in [2.75, 3.05) is 20.7 Å². The molecule has 17 N–H and O–H groups in total. The van der Waals surface area contributed by atoms with Crippen LogP contribution in [-0.4, -0.2) is 166 Å². The standard InChI is InChI=1S/C21H39N7O12.C8H9Cl2N/c1-5-21(36,4-30)16(40-17-9(26-2)13(34)10(31)6(3-29)38-17)18(37-5)39-15-8(28-20(24)25)11(32)7(27-19(22)23)12(33)14(15)35;1-11-5-6-2-7(9)4-8(10)3-6/h4-18,26,29,31-36H,3H2,1-2H3,(H4,22,23,27)(H4,24,25,28);2-4,11H,5H2,1H3/t5-,6-,7+,8-,9-,10-,11+,12-,13-,14+,15+,16-,17-,18-,21+;/m0./s1. The number of aldehydes is 1. The number of rotatable bonds is 11. The number of aliphatic imine (C=N–C) groups is 2. The number of carbonyl (C=O) groups is 1. The van der Waals surface area contributed by atoms with Gasteiger partial charge in [0.2, 0.25) is 0 Å². The average molecular weight is 772 g/mol. The van der Waals surface area contributed by atoms with E-state index in [0.717, 1.165) is 12.1 Å². The molecule has 0 bridgehead atoms. The Morgan fingerprint density at radius 1 is 0.882 bits per heavy atom. The fraction of sp³-hybridized carbons (Fsp3) is 0.690. The number of halogens is 2. The summed E-state index contributed by atoms with van der Waals surface area (Å²) in [6.07, 6.45) is -17.3. The van der Waals surface area contributed by atoms with Crippen LogP contribution in [0, 0.1) is 0 Å². The van der Waals surface area contributed by atoms with Crippen LogP contribution in [0.2, 0.25) is 10.0 Å². The Kier molecular flexibility index (Phi) is 15.6. The number of aliphatic hydroxyl groups is 7. The smallest absolute Gasteiger partial charge is 0.188 e. The second-order valence-electron chi connectivity index (χ2n) is 12.2. The van der Waals surface area contributed by atoms with Crippen LogP contribution in [0.5, 0.6) is 0 Å². The fourth-order valence-corrected chi connectivity index (χ4v) is 6.57. The van der Waals surface area contributed by atoms with Crippen molar-refractivity contribution in [3.8, 4) is 0 Å². The molecule has 1 aliphatic carbocycles. The zero-order chi connectivity index (χ0) is 38.4. The molecule has 0 unspecified atom stereocenters. The third kappa shape index (κ3) is 9.93. The van der Waals surface area contributed by atoms with Gasteiger partial charge in [-0.15, -0.1) is 0 Å². The van der Waals surface area contributed by atoms with Gasteiger partial charge in [-0.05, 0) is 44.8 Å². The third-order valence-electron chi connectivity index (χ3n) is 8.64. The van der Waals surface area contributed by atoms with E-state index in [1.165, 1.54) is 14.0 Å². The quantitative estimate of drug-likeness (QED) is 0.0567. The minimum atomic E-state index is -2.38. The highest BCUT2D eigenvalue weighted by Gasteiger charge is 2.60. The molecule has 0 aromatic heterocycles. The van der Waals surface area contributed by atoms with Gasteiger partial charge in [0.15, 0.2) is 36.4 Å². The second kappa shape index (κ2) is 18.5. The Hall–Kier alpha value is -2.51. The first-order valence-electron chi connectivity index (χ1n) is 15.7. The summed E-state index contributed by atoms with van der Waals surface area (Å²) in [4.78, 5) is 19.7. The molecule has 22 heteroatoms. The molecule has 3 fully saturated rings. The zero-order valence-corrected chi connectivity index (χ0v) is 29.4. The first kappa shape index (κ1) is 42.9. The molecule has 0 amide bonds. The van der Waals surface area contributed by atoms with Gasteiger partial charge in [0.1, 0.15) is 60.9 Å². The van der Waals surface area contributed by atoms with Crippen molar-refractivity contribution in [1.82, 2.24) is 10.6 Å². The molecule has 1 aromatic carbocycles. The average Bonchev–Trinajstić information content (AvgIpc) is 3.29. The van der Waals surface area contributed by atoms with Crippen LogP contribution in [0.3, 0.4) is 0 Å². The highest BCUT2D eigenvalue weighted by Crippen LogP contribution is 2.38. The number of aliphatic hydroxyl groups excluding tert-OH is 6. The van der Waals surface area contributed by atoms with Gasteiger partial charge in [-0.1, -0.05) is 23.2 Å². The van der Waals surface area contributed by atoms with E-state index in [9.17, 15) is 40.5 Å². The lowest BCUT2D eigenvalue weighted by Crippen LogP contribution is -2.66. The van der Waals surface area contributed by atoms with Crippen LogP contribution >= 0.6 is 23.2 Å². The summed E-state index contributed by atoms with van der Waals surface area (Å²) in [6, 6.07) is 1.43. The molecule has 3 aliphatic rings. The zero-order valence-electron chi connectivity index (χ0n) is 27.9. The maximum absolute atomic E-state index is 12.1. The van der Waals surface area contributed by atoms with Crippen molar-refractivity contribution >= 4 is 41.4 Å². The molecule has 1 saturated carbocycles. The lowest BCUT2D eigenvalue weighted by Gasteiger charge is -2.45. The van der Waals surface area contributed by atoms with Gasteiger partial charge < -0.3 is 88.3 Å². The van der Waals surface area contributed by atoms with Crippen molar-refractivity contribution in [3.05, 3.63) is 33.8 Å². The molecule has 51 heavy (non-hydrogen) atoms. The molecular weight excluding hydrogens is 723 g/mol. The Morgan fingerprint density at radius 2 is 1.47 bits per heavy atom. The van der Waals surface area contributed by atoms with Gasteiger partial charge in [0.25, 0.3) is 0 Å². The van der Waals surface area contributed by atoms with Crippen LogP contribution < -0.4 is 33.6 Å². The van der Waals surface area contributed by atoms with E-state index in [1.54, 1.807) is 6.07 Å². The highest BCUT2D eigenvalue weighted by molar-refractivity contribution is 6.34. The van der Waals surface area contributed by atoms with Crippen LogP contribution in [-0.2, 0) is 30.3 Å². The van der Waals surface area contributed by atoms with Gasteiger partial charge in [-0.25, -0.2) is 9.98 Å². The fourth-order valence-electron chi connectivity index (χ4n) is 6.00. The van der Waals surface area contributed by atoms with E-state index in [1.807, 2.05) is 19.2 Å². The van der Waals surface area contributed by atoms with Gasteiger partial charge in [-0.3, -0.25) is 4.79 Å². The van der Waals surface area contributed by atoms with E-state index < -0.39 is 110 Å². The van der Waals surface area contributed by atoms with Gasteiger partial charge in [-0.2, -0.15) is 0 Å². The van der Waals surface area contributed by atoms with Crippen LogP contribution in [0.15, 0.2) is 28.2 Å². The predicted molar refractivity (Wildman–Crippen MR) is 182 cm³/mol.